The fourth-order valence-corrected chi connectivity index (χ4v) is 2.70. The lowest BCUT2D eigenvalue weighted by Crippen LogP contribution is -2.14. The van der Waals surface area contributed by atoms with E-state index in [1.165, 1.54) is 22.7 Å². The zero-order chi connectivity index (χ0) is 12.3. The number of anilines is 1. The first-order valence-electron chi connectivity index (χ1n) is 5.20. The Morgan fingerprint density at radius 1 is 1.41 bits per heavy atom. The van der Waals surface area contributed by atoms with Gasteiger partial charge in [-0.2, -0.15) is 0 Å². The van der Waals surface area contributed by atoms with Crippen molar-refractivity contribution in [3.63, 3.8) is 0 Å². The van der Waals surface area contributed by atoms with Crippen molar-refractivity contribution in [3.05, 3.63) is 21.1 Å². The molecule has 0 bridgehead atoms. The van der Waals surface area contributed by atoms with Crippen LogP contribution in [0.4, 0.5) is 5.13 Å². The molecule has 0 aliphatic heterocycles. The first-order valence-corrected chi connectivity index (χ1v) is 6.90. The number of hydrogen-bond donors (Lipinski definition) is 1. The minimum Gasteiger partial charge on any atom is -0.300 e. The highest BCUT2D eigenvalue weighted by Gasteiger charge is 2.10. The number of carbonyl (C=O) groups excluding carboxylic acids is 1. The Morgan fingerprint density at radius 2 is 2.24 bits per heavy atom. The molecule has 2 rings (SSSR count). The molecule has 0 radical (unpaired) electrons. The average molecular weight is 268 g/mol. The molecule has 0 fully saturated rings. The Hall–Kier alpha value is -1.34. The van der Waals surface area contributed by atoms with E-state index in [1.54, 1.807) is 0 Å². The number of aryl methyl sites for hydroxylation is 2. The quantitative estimate of drug-likeness (QED) is 0.921. The van der Waals surface area contributed by atoms with Gasteiger partial charge in [0.1, 0.15) is 10.0 Å². The number of carbonyl (C=O) groups is 1. The van der Waals surface area contributed by atoms with Gasteiger partial charge in [-0.1, -0.05) is 18.3 Å². The topological polar surface area (TPSA) is 67.8 Å². The molecule has 0 aromatic carbocycles. The zero-order valence-corrected chi connectivity index (χ0v) is 11.2. The van der Waals surface area contributed by atoms with Gasteiger partial charge in [-0.15, -0.1) is 21.5 Å². The number of amides is 1. The summed E-state index contributed by atoms with van der Waals surface area (Å²) in [5.74, 6) is -0.0989. The maximum Gasteiger partial charge on any atom is 0.233 e. The number of rotatable bonds is 4. The molecule has 0 saturated carbocycles. The van der Waals surface area contributed by atoms with Crippen LogP contribution in [0.25, 0.3) is 0 Å². The fourth-order valence-electron chi connectivity index (χ4n) is 1.23. The number of nitrogens with zero attached hydrogens (tertiary/aromatic N) is 3. The smallest absolute Gasteiger partial charge is 0.233 e. The molecule has 17 heavy (non-hydrogen) atoms. The van der Waals surface area contributed by atoms with Gasteiger partial charge in [0.15, 0.2) is 0 Å². The van der Waals surface area contributed by atoms with Gasteiger partial charge in [0, 0.05) is 11.1 Å². The van der Waals surface area contributed by atoms with Gasteiger partial charge in [-0.25, -0.2) is 4.98 Å². The number of thiazole rings is 1. The monoisotopic (exact) mass is 268 g/mol. The molecule has 90 valence electrons. The van der Waals surface area contributed by atoms with Crippen LogP contribution >= 0.6 is 22.7 Å². The van der Waals surface area contributed by atoms with Crippen molar-refractivity contribution >= 4 is 33.7 Å². The molecule has 2 heterocycles. The molecule has 5 nitrogen and oxygen atoms in total. The van der Waals surface area contributed by atoms with Crippen molar-refractivity contribution in [3.8, 4) is 0 Å². The first-order chi connectivity index (χ1) is 8.17. The lowest BCUT2D eigenvalue weighted by atomic mass is 10.4. The van der Waals surface area contributed by atoms with E-state index in [0.717, 1.165) is 22.1 Å². The van der Waals surface area contributed by atoms with Crippen LogP contribution in [0.5, 0.6) is 0 Å². The summed E-state index contributed by atoms with van der Waals surface area (Å²) in [4.78, 5) is 15.9. The Labute approximate surface area is 107 Å². The average Bonchev–Trinajstić information content (AvgIpc) is 2.88. The van der Waals surface area contributed by atoms with Crippen LogP contribution in [0.15, 0.2) is 5.38 Å². The normalized spacial score (nSPS) is 10.5. The van der Waals surface area contributed by atoms with E-state index in [0.29, 0.717) is 11.6 Å². The maximum atomic E-state index is 11.7. The van der Waals surface area contributed by atoms with Gasteiger partial charge in [0.25, 0.3) is 0 Å². The summed E-state index contributed by atoms with van der Waals surface area (Å²) in [7, 11) is 0. The van der Waals surface area contributed by atoms with Crippen LogP contribution in [0.1, 0.15) is 22.6 Å². The molecule has 0 atom stereocenters. The molecule has 7 heteroatoms. The predicted molar refractivity (Wildman–Crippen MR) is 68.5 cm³/mol. The lowest BCUT2D eigenvalue weighted by molar-refractivity contribution is -0.115. The second-order valence-corrected chi connectivity index (χ2v) is 5.47. The van der Waals surface area contributed by atoms with E-state index in [4.69, 9.17) is 0 Å². The molecule has 2 aromatic rings. The Kier molecular flexibility index (Phi) is 3.80. The summed E-state index contributed by atoms with van der Waals surface area (Å²) in [6, 6.07) is 0. The van der Waals surface area contributed by atoms with Crippen molar-refractivity contribution in [2.75, 3.05) is 5.32 Å². The second kappa shape index (κ2) is 5.33. The summed E-state index contributed by atoms with van der Waals surface area (Å²) in [6.07, 6.45) is 1.12. The lowest BCUT2D eigenvalue weighted by Gasteiger charge is -1.97. The van der Waals surface area contributed by atoms with Gasteiger partial charge >= 0.3 is 0 Å². The Morgan fingerprint density at radius 3 is 2.82 bits per heavy atom. The van der Waals surface area contributed by atoms with Crippen LogP contribution in [0, 0.1) is 6.92 Å². The summed E-state index contributed by atoms with van der Waals surface area (Å²) in [6.45, 7) is 3.92. The highest BCUT2D eigenvalue weighted by Crippen LogP contribution is 2.16. The van der Waals surface area contributed by atoms with E-state index in [2.05, 4.69) is 20.5 Å². The summed E-state index contributed by atoms with van der Waals surface area (Å²) in [5.41, 5.74) is 0.946. The molecule has 0 spiro atoms. The van der Waals surface area contributed by atoms with E-state index >= 15 is 0 Å². The van der Waals surface area contributed by atoms with Crippen molar-refractivity contribution < 1.29 is 4.79 Å². The van der Waals surface area contributed by atoms with E-state index in [1.807, 2.05) is 19.2 Å². The fraction of sp³-hybridized carbons (Fsp3) is 0.400. The van der Waals surface area contributed by atoms with E-state index < -0.39 is 0 Å². The van der Waals surface area contributed by atoms with Gasteiger partial charge in [0.2, 0.25) is 11.0 Å². The van der Waals surface area contributed by atoms with Crippen LogP contribution in [0.2, 0.25) is 0 Å². The van der Waals surface area contributed by atoms with Crippen molar-refractivity contribution in [1.29, 1.82) is 0 Å². The standard InChI is InChI=1S/C10H12N4OS2/c1-3-8-13-14-10(17-8)12-7(15)4-9-11-6(2)5-16-9/h5H,3-4H2,1-2H3,(H,12,14,15). The highest BCUT2D eigenvalue weighted by atomic mass is 32.1. The van der Waals surface area contributed by atoms with Gasteiger partial charge in [-0.3, -0.25) is 4.79 Å². The van der Waals surface area contributed by atoms with Crippen molar-refractivity contribution in [2.45, 2.75) is 26.7 Å². The predicted octanol–water partition coefficient (Wildman–Crippen LogP) is 2.05. The molecule has 0 saturated heterocycles. The third-order valence-electron chi connectivity index (χ3n) is 1.99. The van der Waals surface area contributed by atoms with Gasteiger partial charge < -0.3 is 5.32 Å². The molecular formula is C10H12N4OS2. The second-order valence-electron chi connectivity index (χ2n) is 3.46. The molecule has 1 N–H and O–H groups in total. The molecule has 2 aromatic heterocycles. The van der Waals surface area contributed by atoms with Crippen molar-refractivity contribution in [1.82, 2.24) is 15.2 Å². The summed E-state index contributed by atoms with van der Waals surface area (Å²) < 4.78 is 0. The largest absolute Gasteiger partial charge is 0.300 e. The van der Waals surface area contributed by atoms with Gasteiger partial charge in [-0.05, 0) is 13.3 Å². The minimum atomic E-state index is -0.0989. The maximum absolute atomic E-state index is 11.7. The van der Waals surface area contributed by atoms with Crippen LogP contribution < -0.4 is 5.32 Å². The molecule has 0 aliphatic rings. The Balaban J connectivity index is 1.93. The Bertz CT molecular complexity index is 520. The van der Waals surface area contributed by atoms with E-state index in [9.17, 15) is 4.79 Å². The first kappa shape index (κ1) is 12.1. The third kappa shape index (κ3) is 3.31. The van der Waals surface area contributed by atoms with Crippen LogP contribution in [-0.2, 0) is 17.6 Å². The molecular weight excluding hydrogens is 256 g/mol. The van der Waals surface area contributed by atoms with Crippen LogP contribution in [-0.4, -0.2) is 21.1 Å². The highest BCUT2D eigenvalue weighted by molar-refractivity contribution is 7.15. The van der Waals surface area contributed by atoms with Crippen molar-refractivity contribution in [2.24, 2.45) is 0 Å². The summed E-state index contributed by atoms with van der Waals surface area (Å²) in [5, 5.41) is 14.8. The third-order valence-corrected chi connectivity index (χ3v) is 3.94. The summed E-state index contributed by atoms with van der Waals surface area (Å²) >= 11 is 2.90. The SMILES string of the molecule is CCc1nnc(NC(=O)Cc2nc(C)cs2)s1. The molecule has 1 amide bonds. The zero-order valence-electron chi connectivity index (χ0n) is 9.56. The van der Waals surface area contributed by atoms with Crippen LogP contribution in [0.3, 0.4) is 0 Å². The molecule has 0 aliphatic carbocycles. The minimum absolute atomic E-state index is 0.0989. The number of hydrogen-bond acceptors (Lipinski definition) is 6. The van der Waals surface area contributed by atoms with E-state index in [-0.39, 0.29) is 5.91 Å². The van der Waals surface area contributed by atoms with Gasteiger partial charge in [0.05, 0.1) is 6.42 Å². The molecule has 0 unspecified atom stereocenters. The number of nitrogens with one attached hydrogen (secondary N) is 1. The number of aromatic nitrogens is 3.